The van der Waals surface area contributed by atoms with Gasteiger partial charge in [0, 0.05) is 17.3 Å². The lowest BCUT2D eigenvalue weighted by molar-refractivity contribution is 0.0950. The van der Waals surface area contributed by atoms with Gasteiger partial charge in [0.05, 0.1) is 19.4 Å². The van der Waals surface area contributed by atoms with Gasteiger partial charge in [-0.15, -0.1) is 0 Å². The van der Waals surface area contributed by atoms with Gasteiger partial charge in [-0.1, -0.05) is 30.3 Å². The molecule has 0 atom stereocenters. The molecule has 1 heterocycles. The first-order chi connectivity index (χ1) is 14.2. The minimum atomic E-state index is -0.383. The van der Waals surface area contributed by atoms with Crippen LogP contribution in [-0.2, 0) is 0 Å². The molecule has 0 spiro atoms. The number of benzene rings is 2. The smallest absolute Gasteiger partial charge is 0.289 e. The summed E-state index contributed by atoms with van der Waals surface area (Å²) in [5.41, 5.74) is 5.20. The van der Waals surface area contributed by atoms with Gasteiger partial charge in [0.25, 0.3) is 5.91 Å². The van der Waals surface area contributed by atoms with Gasteiger partial charge in [-0.2, -0.15) is 10.2 Å². The Morgan fingerprint density at radius 2 is 2.07 bits per heavy atom. The molecule has 0 bridgehead atoms. The average molecular weight is 390 g/mol. The van der Waals surface area contributed by atoms with Gasteiger partial charge in [-0.05, 0) is 43.3 Å². The van der Waals surface area contributed by atoms with E-state index in [1.807, 2.05) is 61.5 Å². The standard InChI is InChI=1S/C22H22N4O3/c1-3-29-18-11-6-9-17(14-18)19-15-20(25-24-19)22(27)26-23-13-7-10-16-8-4-5-12-21(16)28-2/h4-15H,3H2,1-2H3,(H,24,25)(H,26,27)/b10-7+,23-13-. The third kappa shape index (κ3) is 5.32. The molecule has 0 aliphatic carbocycles. The van der Waals surface area contributed by atoms with Crippen molar-refractivity contribution in [1.82, 2.24) is 15.6 Å². The average Bonchev–Trinajstić information content (AvgIpc) is 3.25. The fourth-order valence-electron chi connectivity index (χ4n) is 2.65. The van der Waals surface area contributed by atoms with Gasteiger partial charge in [0.15, 0.2) is 0 Å². The lowest BCUT2D eigenvalue weighted by Crippen LogP contribution is -2.17. The molecule has 0 fully saturated rings. The quantitative estimate of drug-likeness (QED) is 0.451. The molecule has 0 saturated heterocycles. The van der Waals surface area contributed by atoms with Gasteiger partial charge in [-0.3, -0.25) is 9.89 Å². The van der Waals surface area contributed by atoms with Crippen LogP contribution >= 0.6 is 0 Å². The van der Waals surface area contributed by atoms with Gasteiger partial charge < -0.3 is 9.47 Å². The van der Waals surface area contributed by atoms with E-state index in [0.717, 1.165) is 22.6 Å². The predicted molar refractivity (Wildman–Crippen MR) is 113 cm³/mol. The maximum atomic E-state index is 12.2. The first kappa shape index (κ1) is 19.9. The van der Waals surface area contributed by atoms with E-state index in [-0.39, 0.29) is 5.91 Å². The van der Waals surface area contributed by atoms with Crippen LogP contribution in [0.25, 0.3) is 17.3 Å². The number of nitrogens with zero attached hydrogens (tertiary/aromatic N) is 2. The van der Waals surface area contributed by atoms with E-state index in [2.05, 4.69) is 20.7 Å². The molecule has 7 nitrogen and oxygen atoms in total. The second-order valence-corrected chi connectivity index (χ2v) is 5.95. The number of hydrogen-bond donors (Lipinski definition) is 2. The van der Waals surface area contributed by atoms with E-state index in [4.69, 9.17) is 9.47 Å². The monoisotopic (exact) mass is 390 g/mol. The normalized spacial score (nSPS) is 11.1. The molecular weight excluding hydrogens is 368 g/mol. The fourth-order valence-corrected chi connectivity index (χ4v) is 2.65. The Hall–Kier alpha value is -3.87. The highest BCUT2D eigenvalue weighted by molar-refractivity contribution is 5.94. The SMILES string of the molecule is CCOc1cccc(-c2cc(C(=O)N/N=C\C=C\c3ccccc3OC)[nH]n2)c1. The number of hydrazone groups is 1. The lowest BCUT2D eigenvalue weighted by Gasteiger charge is -2.03. The van der Waals surface area contributed by atoms with Crippen molar-refractivity contribution in [1.29, 1.82) is 0 Å². The summed E-state index contributed by atoms with van der Waals surface area (Å²) < 4.78 is 10.8. The number of allylic oxidation sites excluding steroid dienone is 1. The molecular formula is C22H22N4O3. The fraction of sp³-hybridized carbons (Fsp3) is 0.136. The minimum Gasteiger partial charge on any atom is -0.496 e. The second-order valence-electron chi connectivity index (χ2n) is 5.95. The van der Waals surface area contributed by atoms with Crippen molar-refractivity contribution in [3.05, 3.63) is 71.9 Å². The van der Waals surface area contributed by atoms with Gasteiger partial charge in [0.2, 0.25) is 0 Å². The molecule has 0 aliphatic heterocycles. The first-order valence-electron chi connectivity index (χ1n) is 9.13. The number of aromatic nitrogens is 2. The third-order valence-corrected chi connectivity index (χ3v) is 4.00. The number of carbonyl (C=O) groups excluding carboxylic acids is 1. The summed E-state index contributed by atoms with van der Waals surface area (Å²) >= 11 is 0. The van der Waals surface area contributed by atoms with Crippen LogP contribution < -0.4 is 14.9 Å². The Labute approximate surface area is 169 Å². The summed E-state index contributed by atoms with van der Waals surface area (Å²) in [5, 5.41) is 10.8. The van der Waals surface area contributed by atoms with Gasteiger partial charge in [-0.25, -0.2) is 5.43 Å². The Balaban J connectivity index is 1.60. The molecule has 2 N–H and O–H groups in total. The summed E-state index contributed by atoms with van der Waals surface area (Å²) in [7, 11) is 1.62. The number of aromatic amines is 1. The highest BCUT2D eigenvalue weighted by Crippen LogP contribution is 2.23. The molecule has 3 rings (SSSR count). The van der Waals surface area contributed by atoms with Crippen LogP contribution in [0, 0.1) is 0 Å². The van der Waals surface area contributed by atoms with Gasteiger partial charge >= 0.3 is 0 Å². The molecule has 7 heteroatoms. The lowest BCUT2D eigenvalue weighted by atomic mass is 10.1. The maximum absolute atomic E-state index is 12.2. The van der Waals surface area contributed by atoms with Crippen LogP contribution in [0.15, 0.2) is 65.8 Å². The van der Waals surface area contributed by atoms with Crippen molar-refractivity contribution in [3.8, 4) is 22.8 Å². The Morgan fingerprint density at radius 3 is 2.90 bits per heavy atom. The second kappa shape index (κ2) is 9.89. The number of H-pyrrole nitrogens is 1. The van der Waals surface area contributed by atoms with E-state index in [9.17, 15) is 4.79 Å². The molecule has 3 aromatic rings. The van der Waals surface area contributed by atoms with Gasteiger partial charge in [0.1, 0.15) is 17.2 Å². The Morgan fingerprint density at radius 1 is 1.21 bits per heavy atom. The van der Waals surface area contributed by atoms with Crippen molar-refractivity contribution < 1.29 is 14.3 Å². The van der Waals surface area contributed by atoms with Crippen LogP contribution in [0.1, 0.15) is 23.0 Å². The summed E-state index contributed by atoms with van der Waals surface area (Å²) in [5.74, 6) is 1.14. The van der Waals surface area contributed by atoms with Crippen molar-refractivity contribution in [2.75, 3.05) is 13.7 Å². The highest BCUT2D eigenvalue weighted by atomic mass is 16.5. The Kier molecular flexibility index (Phi) is 6.78. The molecule has 29 heavy (non-hydrogen) atoms. The zero-order valence-electron chi connectivity index (χ0n) is 16.3. The first-order valence-corrected chi connectivity index (χ1v) is 9.13. The number of amides is 1. The number of carbonyl (C=O) groups is 1. The molecule has 0 unspecified atom stereocenters. The van der Waals surface area contributed by atoms with Crippen LogP contribution in [-0.4, -0.2) is 36.0 Å². The largest absolute Gasteiger partial charge is 0.496 e. The van der Waals surface area contributed by atoms with Crippen LogP contribution in [0.3, 0.4) is 0 Å². The minimum absolute atomic E-state index is 0.313. The maximum Gasteiger partial charge on any atom is 0.289 e. The zero-order valence-corrected chi connectivity index (χ0v) is 16.3. The van der Waals surface area contributed by atoms with Crippen molar-refractivity contribution in [2.24, 2.45) is 5.10 Å². The summed E-state index contributed by atoms with van der Waals surface area (Å²) in [6.07, 6.45) is 5.05. The van der Waals surface area contributed by atoms with Crippen molar-refractivity contribution >= 4 is 18.2 Å². The molecule has 1 aromatic heterocycles. The molecule has 2 aromatic carbocycles. The van der Waals surface area contributed by atoms with E-state index in [1.54, 1.807) is 19.3 Å². The Bertz CT molecular complexity index is 1020. The van der Waals surface area contributed by atoms with E-state index < -0.39 is 0 Å². The van der Waals surface area contributed by atoms with Crippen LogP contribution in [0.5, 0.6) is 11.5 Å². The molecule has 148 valence electrons. The summed E-state index contributed by atoms with van der Waals surface area (Å²) in [6, 6.07) is 16.8. The van der Waals surface area contributed by atoms with Crippen molar-refractivity contribution in [3.63, 3.8) is 0 Å². The third-order valence-electron chi connectivity index (χ3n) is 4.00. The molecule has 0 aliphatic rings. The number of methoxy groups -OCH3 is 1. The summed E-state index contributed by atoms with van der Waals surface area (Å²) in [6.45, 7) is 2.51. The topological polar surface area (TPSA) is 88.6 Å². The highest BCUT2D eigenvalue weighted by Gasteiger charge is 2.10. The van der Waals surface area contributed by atoms with E-state index >= 15 is 0 Å². The molecule has 0 saturated carbocycles. The predicted octanol–water partition coefficient (Wildman–Crippen LogP) is 3.91. The van der Waals surface area contributed by atoms with E-state index in [1.165, 1.54) is 6.21 Å². The number of rotatable bonds is 8. The number of nitrogens with one attached hydrogen (secondary N) is 2. The molecule has 0 radical (unpaired) electrons. The zero-order chi connectivity index (χ0) is 20.5. The molecule has 1 amide bonds. The number of ether oxygens (including phenoxy) is 2. The number of para-hydroxylation sites is 1. The summed E-state index contributed by atoms with van der Waals surface area (Å²) in [4.78, 5) is 12.2. The van der Waals surface area contributed by atoms with Crippen molar-refractivity contribution in [2.45, 2.75) is 6.92 Å². The van der Waals surface area contributed by atoms with Crippen LogP contribution in [0.4, 0.5) is 0 Å². The van der Waals surface area contributed by atoms with E-state index in [0.29, 0.717) is 18.0 Å². The number of hydrogen-bond acceptors (Lipinski definition) is 5. The van der Waals surface area contributed by atoms with Crippen LogP contribution in [0.2, 0.25) is 0 Å².